The van der Waals surface area contributed by atoms with Crippen molar-refractivity contribution < 1.29 is 38.6 Å². The first-order valence-corrected chi connectivity index (χ1v) is 14.7. The molecule has 1 fully saturated rings. The van der Waals surface area contributed by atoms with Gasteiger partial charge in [-0.2, -0.15) is 0 Å². The number of carbonyl (C=O) groups excluding carboxylic acids is 4. The standard InChI is InChI=1S/C24H27N3O8S3/c1-16(37-38-20-7-4-6-13-25-20)17-9-11-18(12-10-17)23(30)26-14-5-2-3-8-22(29)33-27-21(28)15-19(24(27)31)36-35-34-32/h4,6-7,9-13,16,19,32H,2-3,5,8,14-15H2,1H3,(H,26,30). The van der Waals surface area contributed by atoms with Crippen molar-refractivity contribution in [2.75, 3.05) is 6.54 Å². The highest BCUT2D eigenvalue weighted by Gasteiger charge is 2.43. The summed E-state index contributed by atoms with van der Waals surface area (Å²) >= 11 is 0.443. The van der Waals surface area contributed by atoms with Gasteiger partial charge in [0, 0.05) is 42.0 Å². The lowest BCUT2D eigenvalue weighted by atomic mass is 10.1. The molecule has 2 aromatic rings. The van der Waals surface area contributed by atoms with Gasteiger partial charge in [0.2, 0.25) is 0 Å². The second kappa shape index (κ2) is 15.7. The molecule has 1 aromatic carbocycles. The molecular formula is C24H27N3O8S3. The first-order chi connectivity index (χ1) is 18.4. The number of rotatable bonds is 15. The number of hydrogen-bond donors (Lipinski definition) is 2. The number of nitrogens with one attached hydrogen (secondary N) is 1. The molecule has 1 saturated heterocycles. The Morgan fingerprint density at radius 3 is 2.66 bits per heavy atom. The number of aromatic nitrogens is 1. The van der Waals surface area contributed by atoms with E-state index in [1.54, 1.807) is 39.9 Å². The van der Waals surface area contributed by atoms with Gasteiger partial charge < -0.3 is 10.2 Å². The minimum absolute atomic E-state index is 0.00927. The Morgan fingerprint density at radius 1 is 1.16 bits per heavy atom. The van der Waals surface area contributed by atoms with Crippen LogP contribution >= 0.6 is 33.6 Å². The summed E-state index contributed by atoms with van der Waals surface area (Å²) in [4.78, 5) is 57.4. The fraction of sp³-hybridized carbons (Fsp3) is 0.375. The van der Waals surface area contributed by atoms with Crippen LogP contribution in [-0.4, -0.2) is 50.8 Å². The van der Waals surface area contributed by atoms with Crippen molar-refractivity contribution in [3.8, 4) is 0 Å². The van der Waals surface area contributed by atoms with Crippen LogP contribution in [0.3, 0.4) is 0 Å². The molecule has 2 unspecified atom stereocenters. The average Bonchev–Trinajstić information content (AvgIpc) is 3.20. The Balaban J connectivity index is 1.29. The van der Waals surface area contributed by atoms with E-state index in [2.05, 4.69) is 26.6 Å². The van der Waals surface area contributed by atoms with Crippen molar-refractivity contribution in [2.45, 2.75) is 54.6 Å². The van der Waals surface area contributed by atoms with Crippen LogP contribution in [0.1, 0.15) is 60.2 Å². The second-order valence-corrected chi connectivity index (χ2v) is 11.6. The molecule has 1 aliphatic rings. The maximum absolute atomic E-state index is 12.4. The number of imide groups is 1. The van der Waals surface area contributed by atoms with E-state index in [1.165, 1.54) is 0 Å². The summed E-state index contributed by atoms with van der Waals surface area (Å²) in [7, 11) is 3.31. The van der Waals surface area contributed by atoms with Gasteiger partial charge in [0.05, 0.1) is 6.42 Å². The van der Waals surface area contributed by atoms with Gasteiger partial charge in [-0.3, -0.25) is 14.4 Å². The fourth-order valence-electron chi connectivity index (χ4n) is 3.32. The highest BCUT2D eigenvalue weighted by Crippen LogP contribution is 2.41. The number of pyridine rings is 1. The molecule has 3 rings (SSSR count). The largest absolute Gasteiger partial charge is 0.352 e. The van der Waals surface area contributed by atoms with Crippen molar-refractivity contribution in [3.05, 3.63) is 59.8 Å². The minimum Gasteiger partial charge on any atom is -0.352 e. The van der Waals surface area contributed by atoms with Gasteiger partial charge >= 0.3 is 5.97 Å². The zero-order valence-electron chi connectivity index (χ0n) is 20.4. The summed E-state index contributed by atoms with van der Waals surface area (Å²) in [5, 5.41) is 15.0. The molecule has 3 amide bonds. The summed E-state index contributed by atoms with van der Waals surface area (Å²) in [5.74, 6) is -2.34. The van der Waals surface area contributed by atoms with Gasteiger partial charge in [-0.25, -0.2) is 15.0 Å². The lowest BCUT2D eigenvalue weighted by Crippen LogP contribution is -2.34. The predicted molar refractivity (Wildman–Crippen MR) is 142 cm³/mol. The van der Waals surface area contributed by atoms with Crippen LogP contribution in [0, 0.1) is 0 Å². The van der Waals surface area contributed by atoms with Crippen molar-refractivity contribution >= 4 is 57.3 Å². The van der Waals surface area contributed by atoms with Crippen LogP contribution in [0.4, 0.5) is 0 Å². The van der Waals surface area contributed by atoms with Gasteiger partial charge in [0.15, 0.2) is 0 Å². The van der Waals surface area contributed by atoms with E-state index in [0.717, 1.165) is 10.6 Å². The number of nitrogens with zero attached hydrogens (tertiary/aromatic N) is 2. The summed E-state index contributed by atoms with van der Waals surface area (Å²) in [6.45, 7) is 2.54. The highest BCUT2D eigenvalue weighted by molar-refractivity contribution is 8.76. The van der Waals surface area contributed by atoms with E-state index in [-0.39, 0.29) is 24.0 Å². The normalized spacial score (nSPS) is 15.9. The smallest absolute Gasteiger partial charge is 0.333 e. The van der Waals surface area contributed by atoms with Crippen LogP contribution in [-0.2, 0) is 28.6 Å². The predicted octanol–water partition coefficient (Wildman–Crippen LogP) is 4.53. The Hall–Kier alpha value is -2.62. The van der Waals surface area contributed by atoms with Gasteiger partial charge in [-0.05, 0) is 60.4 Å². The van der Waals surface area contributed by atoms with Crippen molar-refractivity contribution in [1.29, 1.82) is 0 Å². The fourth-order valence-corrected chi connectivity index (χ4v) is 5.95. The van der Waals surface area contributed by atoms with E-state index in [9.17, 15) is 19.2 Å². The van der Waals surface area contributed by atoms with Crippen molar-refractivity contribution in [2.24, 2.45) is 0 Å². The van der Waals surface area contributed by atoms with Crippen LogP contribution in [0.25, 0.3) is 0 Å². The first-order valence-electron chi connectivity index (χ1n) is 11.7. The van der Waals surface area contributed by atoms with Crippen molar-refractivity contribution in [3.63, 3.8) is 0 Å². The number of hydroxylamine groups is 2. The molecule has 2 atom stereocenters. The molecule has 0 bridgehead atoms. The molecule has 38 heavy (non-hydrogen) atoms. The third-order valence-electron chi connectivity index (χ3n) is 5.34. The Labute approximate surface area is 231 Å². The molecule has 0 saturated carbocycles. The zero-order valence-corrected chi connectivity index (χ0v) is 22.9. The Kier molecular flexibility index (Phi) is 12.4. The SMILES string of the molecule is CC(SSc1ccccn1)c1ccc(C(=O)NCCCCCC(=O)ON2C(=O)CC(SOOO)C2=O)cc1. The molecule has 0 radical (unpaired) electrons. The molecule has 14 heteroatoms. The number of amides is 3. The van der Waals surface area contributed by atoms with E-state index in [1.807, 2.05) is 30.3 Å². The van der Waals surface area contributed by atoms with E-state index in [4.69, 9.17) is 10.1 Å². The number of benzene rings is 1. The Bertz CT molecular complexity index is 1090. The van der Waals surface area contributed by atoms with Gasteiger partial charge in [0.1, 0.15) is 10.3 Å². The number of hydrogen-bond acceptors (Lipinski definition) is 12. The number of unbranched alkanes of at least 4 members (excludes halogenated alkanes) is 2. The lowest BCUT2D eigenvalue weighted by Gasteiger charge is -2.13. The quantitative estimate of drug-likeness (QED) is 0.0761. The third kappa shape index (κ3) is 9.29. The van der Waals surface area contributed by atoms with Crippen molar-refractivity contribution in [1.82, 2.24) is 15.4 Å². The van der Waals surface area contributed by atoms with Crippen LogP contribution in [0.2, 0.25) is 0 Å². The molecule has 2 heterocycles. The van der Waals surface area contributed by atoms with E-state index >= 15 is 0 Å². The first kappa shape index (κ1) is 29.9. The molecule has 1 aliphatic heterocycles. The van der Waals surface area contributed by atoms with Crippen LogP contribution < -0.4 is 5.32 Å². The van der Waals surface area contributed by atoms with Crippen LogP contribution in [0.15, 0.2) is 53.7 Å². The monoisotopic (exact) mass is 581 g/mol. The Morgan fingerprint density at radius 2 is 1.95 bits per heavy atom. The van der Waals surface area contributed by atoms with Crippen LogP contribution in [0.5, 0.6) is 0 Å². The second-order valence-electron chi connectivity index (χ2n) is 8.10. The molecular weight excluding hydrogens is 554 g/mol. The molecule has 11 nitrogen and oxygen atoms in total. The topological polar surface area (TPSA) is 144 Å². The third-order valence-corrected chi connectivity index (χ3v) is 8.82. The maximum Gasteiger partial charge on any atom is 0.333 e. The molecule has 204 valence electrons. The van der Waals surface area contributed by atoms with Gasteiger partial charge in [-0.15, -0.1) is 9.40 Å². The summed E-state index contributed by atoms with van der Waals surface area (Å²) in [5.41, 5.74) is 1.68. The minimum atomic E-state index is -0.972. The highest BCUT2D eigenvalue weighted by atomic mass is 33.1. The average molecular weight is 582 g/mol. The van der Waals surface area contributed by atoms with E-state index in [0.29, 0.717) is 48.5 Å². The molecule has 0 spiro atoms. The maximum atomic E-state index is 12.4. The summed E-state index contributed by atoms with van der Waals surface area (Å²) in [6, 6.07) is 13.3. The molecule has 2 N–H and O–H groups in total. The number of carbonyl (C=O) groups is 4. The molecule has 0 aliphatic carbocycles. The van der Waals surface area contributed by atoms with Gasteiger partial charge in [0.25, 0.3) is 17.7 Å². The summed E-state index contributed by atoms with van der Waals surface area (Å²) < 4.78 is 4.17. The van der Waals surface area contributed by atoms with E-state index < -0.39 is 23.0 Å². The lowest BCUT2D eigenvalue weighted by molar-refractivity contribution is -0.432. The molecule has 1 aromatic heterocycles. The summed E-state index contributed by atoms with van der Waals surface area (Å²) in [6.07, 6.45) is 3.28. The van der Waals surface area contributed by atoms with Gasteiger partial charge in [-0.1, -0.05) is 40.5 Å². The zero-order chi connectivity index (χ0) is 27.3.